The molecule has 6 rings (SSSR count). The standard InChI is InChI=1S/C28H34N8O2/c1-16(2)9-11-35-24-25(32-27(35)34-10-5-6-19(29)14-34)33(4)28(38)36(26(24)37)15-22-30-20-8-7-18-12-17(3)13-21(31-22)23(18)20/h9,12-13,19H,5-8,10-11,14-15,29H2,1-4H3. The minimum Gasteiger partial charge on any atom is -0.341 e. The lowest BCUT2D eigenvalue weighted by Crippen LogP contribution is -2.44. The van der Waals surface area contributed by atoms with Crippen LogP contribution in [-0.4, -0.2) is 47.8 Å². The van der Waals surface area contributed by atoms with Gasteiger partial charge in [0.05, 0.1) is 17.8 Å². The maximum absolute atomic E-state index is 14.0. The van der Waals surface area contributed by atoms with E-state index in [4.69, 9.17) is 20.7 Å². The maximum atomic E-state index is 14.0. The summed E-state index contributed by atoms with van der Waals surface area (Å²) in [6.07, 6.45) is 5.76. The molecular weight excluding hydrogens is 480 g/mol. The predicted octanol–water partition coefficient (Wildman–Crippen LogP) is 2.19. The second-order valence-corrected chi connectivity index (χ2v) is 11.0. The van der Waals surface area contributed by atoms with E-state index < -0.39 is 5.69 Å². The van der Waals surface area contributed by atoms with Crippen LogP contribution in [0.3, 0.4) is 0 Å². The average Bonchev–Trinajstić information content (AvgIpc) is 3.46. The Morgan fingerprint density at radius 2 is 1.95 bits per heavy atom. The molecule has 1 aliphatic carbocycles. The number of piperidine rings is 1. The lowest BCUT2D eigenvalue weighted by molar-refractivity contribution is 0.495. The number of nitrogens with zero attached hydrogens (tertiary/aromatic N) is 7. The van der Waals surface area contributed by atoms with Crippen molar-refractivity contribution < 1.29 is 0 Å². The second-order valence-electron chi connectivity index (χ2n) is 11.0. The Kier molecular flexibility index (Phi) is 5.94. The van der Waals surface area contributed by atoms with Crippen LogP contribution < -0.4 is 21.9 Å². The van der Waals surface area contributed by atoms with Gasteiger partial charge in [0.15, 0.2) is 11.2 Å². The predicted molar refractivity (Wildman–Crippen MR) is 149 cm³/mol. The third-order valence-electron chi connectivity index (χ3n) is 7.71. The maximum Gasteiger partial charge on any atom is 0.332 e. The van der Waals surface area contributed by atoms with E-state index >= 15 is 0 Å². The molecule has 4 heterocycles. The summed E-state index contributed by atoms with van der Waals surface area (Å²) in [4.78, 5) is 44.0. The number of imidazole rings is 1. The highest BCUT2D eigenvalue weighted by molar-refractivity contribution is 5.87. The first-order valence-electron chi connectivity index (χ1n) is 13.3. The molecule has 4 aromatic rings. The summed E-state index contributed by atoms with van der Waals surface area (Å²) in [5.74, 6) is 1.15. The van der Waals surface area contributed by atoms with E-state index in [9.17, 15) is 9.59 Å². The van der Waals surface area contributed by atoms with E-state index in [0.29, 0.717) is 36.0 Å². The van der Waals surface area contributed by atoms with Crippen LogP contribution in [0.2, 0.25) is 0 Å². The SMILES string of the molecule is CC(C)=CCn1c(N2CCCC(N)C2)nc2c1c(=O)n(Cc1nc3c4c(cc(C)cc4n1)CC3)c(=O)n2C. The first kappa shape index (κ1) is 24.5. The Bertz CT molecular complexity index is 1740. The van der Waals surface area contributed by atoms with Crippen molar-refractivity contribution in [3.63, 3.8) is 0 Å². The van der Waals surface area contributed by atoms with Gasteiger partial charge >= 0.3 is 5.69 Å². The molecule has 0 spiro atoms. The molecule has 10 nitrogen and oxygen atoms in total. The van der Waals surface area contributed by atoms with Gasteiger partial charge in [0.25, 0.3) is 5.56 Å². The molecule has 2 N–H and O–H groups in total. The van der Waals surface area contributed by atoms with Gasteiger partial charge in [-0.3, -0.25) is 13.9 Å². The number of anilines is 1. The van der Waals surface area contributed by atoms with Crippen molar-refractivity contribution in [3.05, 3.63) is 67.3 Å². The molecule has 38 heavy (non-hydrogen) atoms. The van der Waals surface area contributed by atoms with Gasteiger partial charge < -0.3 is 15.2 Å². The van der Waals surface area contributed by atoms with Crippen LogP contribution in [0.4, 0.5) is 5.95 Å². The van der Waals surface area contributed by atoms with Crippen LogP contribution in [0.1, 0.15) is 49.3 Å². The van der Waals surface area contributed by atoms with Crippen molar-refractivity contribution >= 4 is 28.0 Å². The summed E-state index contributed by atoms with van der Waals surface area (Å²) in [5.41, 5.74) is 11.7. The van der Waals surface area contributed by atoms with Crippen molar-refractivity contribution in [2.24, 2.45) is 12.8 Å². The Balaban J connectivity index is 1.52. The number of benzene rings is 1. The molecule has 1 atom stereocenters. The highest BCUT2D eigenvalue weighted by Crippen LogP contribution is 2.30. The van der Waals surface area contributed by atoms with Gasteiger partial charge in [-0.15, -0.1) is 0 Å². The Morgan fingerprint density at radius 3 is 2.71 bits per heavy atom. The molecule has 1 aliphatic heterocycles. The molecule has 1 fully saturated rings. The van der Waals surface area contributed by atoms with E-state index in [1.165, 1.54) is 14.7 Å². The van der Waals surface area contributed by atoms with Crippen molar-refractivity contribution in [1.29, 1.82) is 0 Å². The lowest BCUT2D eigenvalue weighted by Gasteiger charge is -2.31. The number of aryl methyl sites for hydroxylation is 4. The molecule has 3 aromatic heterocycles. The van der Waals surface area contributed by atoms with Gasteiger partial charge in [0.2, 0.25) is 5.95 Å². The fraction of sp³-hybridized carbons (Fsp3) is 0.464. The number of rotatable bonds is 5. The highest BCUT2D eigenvalue weighted by Gasteiger charge is 2.27. The van der Waals surface area contributed by atoms with E-state index in [-0.39, 0.29) is 18.1 Å². The van der Waals surface area contributed by atoms with E-state index in [0.717, 1.165) is 60.0 Å². The van der Waals surface area contributed by atoms with Crippen LogP contribution in [0.5, 0.6) is 0 Å². The minimum absolute atomic E-state index is 0.00537. The number of allylic oxidation sites excluding steroid dienone is 2. The van der Waals surface area contributed by atoms with E-state index in [2.05, 4.69) is 24.0 Å². The van der Waals surface area contributed by atoms with Gasteiger partial charge in [0.1, 0.15) is 5.82 Å². The van der Waals surface area contributed by atoms with Crippen LogP contribution in [0.15, 0.2) is 33.4 Å². The Morgan fingerprint density at radius 1 is 1.13 bits per heavy atom. The molecule has 1 unspecified atom stereocenters. The molecule has 0 saturated carbocycles. The Labute approximate surface area is 220 Å². The molecular formula is C28H34N8O2. The van der Waals surface area contributed by atoms with Crippen LogP contribution >= 0.6 is 0 Å². The van der Waals surface area contributed by atoms with Gasteiger partial charge in [-0.25, -0.2) is 14.8 Å². The number of fused-ring (bicyclic) bond motifs is 1. The summed E-state index contributed by atoms with van der Waals surface area (Å²) in [6.45, 7) is 8.07. The molecule has 10 heteroatoms. The quantitative estimate of drug-likeness (QED) is 0.406. The zero-order valence-corrected chi connectivity index (χ0v) is 22.5. The smallest absolute Gasteiger partial charge is 0.332 e. The zero-order chi connectivity index (χ0) is 26.7. The summed E-state index contributed by atoms with van der Waals surface area (Å²) in [7, 11) is 1.67. The summed E-state index contributed by atoms with van der Waals surface area (Å²) < 4.78 is 4.63. The largest absolute Gasteiger partial charge is 0.341 e. The average molecular weight is 515 g/mol. The monoisotopic (exact) mass is 514 g/mol. The molecule has 0 radical (unpaired) electrons. The summed E-state index contributed by atoms with van der Waals surface area (Å²) in [5, 5.41) is 1.11. The van der Waals surface area contributed by atoms with Gasteiger partial charge in [-0.05, 0) is 63.6 Å². The summed E-state index contributed by atoms with van der Waals surface area (Å²) in [6, 6.07) is 4.29. The normalized spacial score (nSPS) is 17.1. The molecule has 2 aliphatic rings. The molecule has 1 aromatic carbocycles. The number of nitrogens with two attached hydrogens (primary N) is 1. The topological polar surface area (TPSA) is 117 Å². The third kappa shape index (κ3) is 4.03. The highest BCUT2D eigenvalue weighted by atomic mass is 16.2. The first-order valence-corrected chi connectivity index (χ1v) is 13.3. The number of hydrogen-bond acceptors (Lipinski definition) is 7. The lowest BCUT2D eigenvalue weighted by atomic mass is 10.1. The van der Waals surface area contributed by atoms with E-state index in [1.54, 1.807) is 7.05 Å². The van der Waals surface area contributed by atoms with Crippen LogP contribution in [0, 0.1) is 6.92 Å². The minimum atomic E-state index is -0.429. The third-order valence-corrected chi connectivity index (χ3v) is 7.71. The zero-order valence-electron chi connectivity index (χ0n) is 22.5. The number of hydrogen-bond donors (Lipinski definition) is 1. The molecule has 0 amide bonds. The van der Waals surface area contributed by atoms with Crippen molar-refractivity contribution in [2.45, 2.75) is 65.6 Å². The van der Waals surface area contributed by atoms with Crippen LogP contribution in [0.25, 0.3) is 22.1 Å². The van der Waals surface area contributed by atoms with Crippen LogP contribution in [-0.2, 0) is 33.0 Å². The van der Waals surface area contributed by atoms with Crippen molar-refractivity contribution in [1.82, 2.24) is 28.7 Å². The van der Waals surface area contributed by atoms with Crippen molar-refractivity contribution in [2.75, 3.05) is 18.0 Å². The number of aromatic nitrogens is 6. The molecule has 198 valence electrons. The molecule has 1 saturated heterocycles. The first-order chi connectivity index (χ1) is 18.2. The summed E-state index contributed by atoms with van der Waals surface area (Å²) >= 11 is 0. The van der Waals surface area contributed by atoms with Gasteiger partial charge in [0, 0.05) is 38.1 Å². The second kappa shape index (κ2) is 9.20. The van der Waals surface area contributed by atoms with Gasteiger partial charge in [-0.1, -0.05) is 17.7 Å². The fourth-order valence-corrected chi connectivity index (χ4v) is 5.86. The van der Waals surface area contributed by atoms with E-state index in [1.807, 2.05) is 24.5 Å². The van der Waals surface area contributed by atoms with Crippen molar-refractivity contribution in [3.8, 4) is 0 Å². The Hall–Kier alpha value is -3.79. The van der Waals surface area contributed by atoms with Gasteiger partial charge in [-0.2, -0.15) is 4.98 Å². The fourth-order valence-electron chi connectivity index (χ4n) is 5.86. The molecule has 0 bridgehead atoms.